The van der Waals surface area contributed by atoms with Crippen LogP contribution < -0.4 is 26.8 Å². The summed E-state index contributed by atoms with van der Waals surface area (Å²) in [6, 6.07) is 8.53. The van der Waals surface area contributed by atoms with Crippen molar-refractivity contribution in [2.45, 2.75) is 33.4 Å². The molecule has 13 heteroatoms. The number of primary amides is 1. The number of aryl methyl sites for hydroxylation is 2. The minimum atomic E-state index is -0.580. The Balaban J connectivity index is 1.28. The van der Waals surface area contributed by atoms with Gasteiger partial charge in [-0.15, -0.1) is 0 Å². The van der Waals surface area contributed by atoms with E-state index in [1.54, 1.807) is 29.1 Å². The number of nitrogen functional groups attached to an aromatic ring is 1. The Morgan fingerprint density at radius 2 is 2.07 bits per heavy atom. The zero-order chi connectivity index (χ0) is 29.6. The molecule has 13 nitrogen and oxygen atoms in total. The molecule has 1 aliphatic heterocycles. The first-order valence-electron chi connectivity index (χ1n) is 13.8. The molecule has 0 unspecified atom stereocenters. The molecule has 1 fully saturated rings. The van der Waals surface area contributed by atoms with Crippen molar-refractivity contribution >= 4 is 40.3 Å². The maximum Gasteiger partial charge on any atom is 0.276 e. The standard InChI is InChI=1S/C29H35N9O4/c1-3-38-23(13-18(2)36-38)28(40)35-29-34-22-7-6-10-33-27(22)37(29)11-5-4-9-32-25-21(30)14-20(26(31)39)15-24(25)42-12-8-19-16-41-17-19/h4-7,10,13-15,19,32H,3,8-9,11-12,16-17,30H2,1-2H3,(H2,31,39)(H,34,35,40)/b5-4+. The topological polar surface area (TPSA) is 177 Å². The molecule has 4 aromatic rings. The highest BCUT2D eigenvalue weighted by Gasteiger charge is 2.20. The number of anilines is 3. The minimum Gasteiger partial charge on any atom is -0.491 e. The number of imidazole rings is 1. The molecule has 4 heterocycles. The number of carbonyl (C=O) groups excluding carboxylic acids is 2. The number of amides is 2. The number of ether oxygens (including phenoxy) is 2. The molecule has 42 heavy (non-hydrogen) atoms. The summed E-state index contributed by atoms with van der Waals surface area (Å²) in [6.07, 6.45) is 6.38. The van der Waals surface area contributed by atoms with Gasteiger partial charge in [-0.2, -0.15) is 5.10 Å². The number of hydrogen-bond acceptors (Lipinski definition) is 9. The Hall–Kier alpha value is -4.91. The van der Waals surface area contributed by atoms with E-state index in [1.165, 1.54) is 6.07 Å². The summed E-state index contributed by atoms with van der Waals surface area (Å²) in [4.78, 5) is 33.9. The summed E-state index contributed by atoms with van der Waals surface area (Å²) < 4.78 is 14.7. The zero-order valence-electron chi connectivity index (χ0n) is 23.7. The van der Waals surface area contributed by atoms with E-state index < -0.39 is 5.91 Å². The highest BCUT2D eigenvalue weighted by molar-refractivity contribution is 6.03. The van der Waals surface area contributed by atoms with Crippen LogP contribution in [0.2, 0.25) is 0 Å². The summed E-state index contributed by atoms with van der Waals surface area (Å²) in [6.45, 7) is 7.11. The van der Waals surface area contributed by atoms with Crippen LogP contribution in [-0.4, -0.2) is 62.5 Å². The van der Waals surface area contributed by atoms with Crippen molar-refractivity contribution in [3.8, 4) is 5.75 Å². The molecule has 0 spiro atoms. The smallest absolute Gasteiger partial charge is 0.276 e. The van der Waals surface area contributed by atoms with Crippen LogP contribution in [-0.2, 0) is 17.8 Å². The van der Waals surface area contributed by atoms with Crippen LogP contribution in [0.3, 0.4) is 0 Å². The van der Waals surface area contributed by atoms with Gasteiger partial charge in [-0.05, 0) is 50.6 Å². The van der Waals surface area contributed by atoms with Gasteiger partial charge in [0.2, 0.25) is 11.9 Å². The molecule has 1 aromatic carbocycles. The van der Waals surface area contributed by atoms with Gasteiger partial charge in [0.15, 0.2) is 5.65 Å². The molecule has 0 saturated carbocycles. The molecule has 1 saturated heterocycles. The molecular weight excluding hydrogens is 538 g/mol. The average molecular weight is 574 g/mol. The van der Waals surface area contributed by atoms with Crippen molar-refractivity contribution in [2.75, 3.05) is 42.7 Å². The maximum atomic E-state index is 13.1. The summed E-state index contributed by atoms with van der Waals surface area (Å²) >= 11 is 0. The molecule has 0 atom stereocenters. The number of fused-ring (bicyclic) bond motifs is 1. The Morgan fingerprint density at radius 1 is 1.24 bits per heavy atom. The lowest BCUT2D eigenvalue weighted by Gasteiger charge is -2.26. The van der Waals surface area contributed by atoms with Crippen molar-refractivity contribution < 1.29 is 19.1 Å². The monoisotopic (exact) mass is 573 g/mol. The predicted octanol–water partition coefficient (Wildman–Crippen LogP) is 2.97. The number of nitrogens with zero attached hydrogens (tertiary/aromatic N) is 5. The van der Waals surface area contributed by atoms with Crippen molar-refractivity contribution in [1.82, 2.24) is 24.3 Å². The lowest BCUT2D eigenvalue weighted by Crippen LogP contribution is -2.28. The van der Waals surface area contributed by atoms with Gasteiger partial charge in [-0.3, -0.25) is 24.2 Å². The van der Waals surface area contributed by atoms with Crippen LogP contribution >= 0.6 is 0 Å². The van der Waals surface area contributed by atoms with Crippen LogP contribution in [0, 0.1) is 12.8 Å². The van der Waals surface area contributed by atoms with Crippen molar-refractivity contribution in [3.05, 3.63) is 65.6 Å². The number of nitrogens with one attached hydrogen (secondary N) is 2. The van der Waals surface area contributed by atoms with Gasteiger partial charge < -0.3 is 26.3 Å². The average Bonchev–Trinajstić information content (AvgIpc) is 3.50. The number of hydrogen-bond donors (Lipinski definition) is 4. The highest BCUT2D eigenvalue weighted by atomic mass is 16.5. The first kappa shape index (κ1) is 28.6. The fourth-order valence-electron chi connectivity index (χ4n) is 4.66. The lowest BCUT2D eigenvalue weighted by atomic mass is 10.1. The van der Waals surface area contributed by atoms with E-state index in [9.17, 15) is 9.59 Å². The largest absolute Gasteiger partial charge is 0.491 e. The maximum absolute atomic E-state index is 13.1. The van der Waals surface area contributed by atoms with Crippen molar-refractivity contribution in [1.29, 1.82) is 0 Å². The summed E-state index contributed by atoms with van der Waals surface area (Å²) in [5, 5.41) is 10.6. The van der Waals surface area contributed by atoms with E-state index >= 15 is 0 Å². The van der Waals surface area contributed by atoms with Crippen LogP contribution in [0.15, 0.2) is 48.7 Å². The summed E-state index contributed by atoms with van der Waals surface area (Å²) in [7, 11) is 0. The van der Waals surface area contributed by atoms with E-state index in [0.29, 0.717) is 72.1 Å². The van der Waals surface area contributed by atoms with Crippen LogP contribution in [0.1, 0.15) is 39.9 Å². The van der Waals surface area contributed by atoms with E-state index in [2.05, 4.69) is 25.7 Å². The molecule has 6 N–H and O–H groups in total. The van der Waals surface area contributed by atoms with Crippen molar-refractivity contribution in [3.63, 3.8) is 0 Å². The predicted molar refractivity (Wildman–Crippen MR) is 160 cm³/mol. The Labute approximate surface area is 242 Å². The van der Waals surface area contributed by atoms with Gasteiger partial charge in [0, 0.05) is 37.3 Å². The van der Waals surface area contributed by atoms with Gasteiger partial charge in [0.1, 0.15) is 22.6 Å². The lowest BCUT2D eigenvalue weighted by molar-refractivity contribution is -0.0401. The van der Waals surface area contributed by atoms with Crippen molar-refractivity contribution in [2.24, 2.45) is 11.7 Å². The Morgan fingerprint density at radius 3 is 2.81 bits per heavy atom. The van der Waals surface area contributed by atoms with E-state index in [0.717, 1.165) is 25.3 Å². The minimum absolute atomic E-state index is 0.279. The summed E-state index contributed by atoms with van der Waals surface area (Å²) in [5.74, 6) is 0.443. The third-order valence-electron chi connectivity index (χ3n) is 6.92. The fraction of sp³-hybridized carbons (Fsp3) is 0.345. The molecule has 0 aliphatic carbocycles. The van der Waals surface area contributed by atoms with E-state index in [4.69, 9.17) is 20.9 Å². The second-order valence-electron chi connectivity index (χ2n) is 10.0. The fourth-order valence-corrected chi connectivity index (χ4v) is 4.66. The third-order valence-corrected chi connectivity index (χ3v) is 6.92. The Kier molecular flexibility index (Phi) is 8.67. The molecule has 5 rings (SSSR count). The van der Waals surface area contributed by atoms with Crippen LogP contribution in [0.4, 0.5) is 17.3 Å². The number of pyridine rings is 1. The first-order chi connectivity index (χ1) is 20.3. The van der Waals surface area contributed by atoms with Gasteiger partial charge in [0.05, 0.1) is 31.2 Å². The molecule has 3 aromatic heterocycles. The van der Waals surface area contributed by atoms with E-state index in [1.807, 2.05) is 36.6 Å². The molecular formula is C29H35N9O4. The zero-order valence-corrected chi connectivity index (χ0v) is 23.7. The molecule has 0 bridgehead atoms. The quantitative estimate of drug-likeness (QED) is 0.138. The van der Waals surface area contributed by atoms with Gasteiger partial charge in [0.25, 0.3) is 5.91 Å². The van der Waals surface area contributed by atoms with E-state index in [-0.39, 0.29) is 11.5 Å². The third kappa shape index (κ3) is 6.36. The molecule has 2 amide bonds. The van der Waals surface area contributed by atoms with Crippen LogP contribution in [0.5, 0.6) is 5.75 Å². The highest BCUT2D eigenvalue weighted by Crippen LogP contribution is 2.33. The first-order valence-corrected chi connectivity index (χ1v) is 13.8. The summed E-state index contributed by atoms with van der Waals surface area (Å²) in [5.41, 5.74) is 15.5. The molecule has 1 aliphatic rings. The molecule has 220 valence electrons. The number of nitrogens with two attached hydrogens (primary N) is 2. The SMILES string of the molecule is CCn1nc(C)cc1C(=O)Nc1nc2cccnc2n1C/C=C/CNc1c(N)cc(C(N)=O)cc1OCCC1COC1. The molecule has 0 radical (unpaired) electrons. The van der Waals surface area contributed by atoms with Crippen LogP contribution in [0.25, 0.3) is 11.2 Å². The van der Waals surface area contributed by atoms with Gasteiger partial charge in [-0.1, -0.05) is 12.2 Å². The normalized spacial score (nSPS) is 13.4. The number of allylic oxidation sites excluding steroid dienone is 1. The van der Waals surface area contributed by atoms with Gasteiger partial charge in [-0.25, -0.2) is 9.97 Å². The van der Waals surface area contributed by atoms with Gasteiger partial charge >= 0.3 is 0 Å². The second kappa shape index (κ2) is 12.7. The number of carbonyl (C=O) groups is 2. The number of benzene rings is 1. The second-order valence-corrected chi connectivity index (χ2v) is 10.0. The number of rotatable bonds is 13. The number of aromatic nitrogens is 5. The Bertz CT molecular complexity index is 1620.